The summed E-state index contributed by atoms with van der Waals surface area (Å²) in [7, 11) is 1.59. The maximum atomic E-state index is 12.8. The first kappa shape index (κ1) is 19.0. The highest BCUT2D eigenvalue weighted by molar-refractivity contribution is 7.20. The standard InChI is InChI=1S/C20H16F2N4O2S/c1-25(11-13-6-2-4-8-16(13)28-19(21)22)18(27)14-10-23-26(12-14)20-24-15-7-3-5-9-17(15)29-20/h2-10,12,19H,11H2,1H3. The number of rotatable bonds is 6. The van der Waals surface area contributed by atoms with Gasteiger partial charge in [0.15, 0.2) is 0 Å². The van der Waals surface area contributed by atoms with Crippen molar-refractivity contribution in [2.75, 3.05) is 7.05 Å². The third-order valence-corrected chi connectivity index (χ3v) is 5.28. The Balaban J connectivity index is 1.52. The average molecular weight is 414 g/mol. The van der Waals surface area contributed by atoms with Crippen LogP contribution in [0, 0.1) is 0 Å². The first-order valence-electron chi connectivity index (χ1n) is 8.70. The van der Waals surface area contributed by atoms with Crippen molar-refractivity contribution in [2.45, 2.75) is 13.2 Å². The number of carbonyl (C=O) groups excluding carboxylic acids is 1. The number of benzene rings is 2. The predicted octanol–water partition coefficient (Wildman–Crippen LogP) is 4.36. The Morgan fingerprint density at radius 1 is 1.21 bits per heavy atom. The van der Waals surface area contributed by atoms with Crippen molar-refractivity contribution in [3.8, 4) is 10.9 Å². The number of hydrogen-bond donors (Lipinski definition) is 0. The fourth-order valence-corrected chi connectivity index (χ4v) is 3.79. The van der Waals surface area contributed by atoms with Crippen LogP contribution >= 0.6 is 11.3 Å². The second-order valence-corrected chi connectivity index (χ2v) is 7.29. The molecule has 0 aliphatic heterocycles. The summed E-state index contributed by atoms with van der Waals surface area (Å²) in [5.41, 5.74) is 1.73. The number of amides is 1. The molecule has 2 aromatic heterocycles. The van der Waals surface area contributed by atoms with Crippen LogP contribution in [0.15, 0.2) is 60.9 Å². The van der Waals surface area contributed by atoms with Gasteiger partial charge < -0.3 is 9.64 Å². The SMILES string of the molecule is CN(Cc1ccccc1OC(F)F)C(=O)c1cnn(-c2nc3ccccc3s2)c1. The smallest absolute Gasteiger partial charge is 0.387 e. The number of fused-ring (bicyclic) bond motifs is 1. The van der Waals surface area contributed by atoms with Crippen molar-refractivity contribution in [1.82, 2.24) is 19.7 Å². The molecule has 0 radical (unpaired) electrons. The number of thiazole rings is 1. The summed E-state index contributed by atoms with van der Waals surface area (Å²) in [5.74, 6) is -0.239. The van der Waals surface area contributed by atoms with Crippen LogP contribution in [0.4, 0.5) is 8.78 Å². The Kier molecular flexibility index (Phi) is 5.22. The summed E-state index contributed by atoms with van der Waals surface area (Å²) < 4.78 is 32.3. The number of aromatic nitrogens is 3. The topological polar surface area (TPSA) is 60.2 Å². The van der Waals surface area contributed by atoms with Crippen LogP contribution in [0.3, 0.4) is 0 Å². The molecule has 0 atom stereocenters. The van der Waals surface area contributed by atoms with Gasteiger partial charge in [-0.25, -0.2) is 9.67 Å². The molecule has 4 aromatic rings. The largest absolute Gasteiger partial charge is 0.434 e. The third kappa shape index (κ3) is 4.09. The summed E-state index contributed by atoms with van der Waals surface area (Å²) in [6, 6.07) is 14.1. The number of para-hydroxylation sites is 2. The van der Waals surface area contributed by atoms with Crippen LogP contribution in [-0.2, 0) is 6.54 Å². The van der Waals surface area contributed by atoms with Gasteiger partial charge in [0.05, 0.1) is 22.0 Å². The molecule has 1 amide bonds. The first-order valence-corrected chi connectivity index (χ1v) is 9.52. The van der Waals surface area contributed by atoms with E-state index >= 15 is 0 Å². The Labute approximate surface area is 169 Å². The van der Waals surface area contributed by atoms with Crippen LogP contribution < -0.4 is 4.74 Å². The highest BCUT2D eigenvalue weighted by Crippen LogP contribution is 2.25. The fourth-order valence-electron chi connectivity index (χ4n) is 2.89. The Morgan fingerprint density at radius 2 is 1.97 bits per heavy atom. The summed E-state index contributed by atoms with van der Waals surface area (Å²) in [5, 5.41) is 4.90. The van der Waals surface area contributed by atoms with E-state index in [0.717, 1.165) is 10.2 Å². The van der Waals surface area contributed by atoms with E-state index in [1.165, 1.54) is 28.5 Å². The predicted molar refractivity (Wildman–Crippen MR) is 106 cm³/mol. The van der Waals surface area contributed by atoms with Crippen molar-refractivity contribution in [3.05, 3.63) is 72.1 Å². The molecular weight excluding hydrogens is 398 g/mol. The van der Waals surface area contributed by atoms with Crippen molar-refractivity contribution < 1.29 is 18.3 Å². The highest BCUT2D eigenvalue weighted by Gasteiger charge is 2.18. The molecule has 0 bridgehead atoms. The van der Waals surface area contributed by atoms with E-state index in [0.29, 0.717) is 16.3 Å². The molecule has 0 N–H and O–H groups in total. The maximum Gasteiger partial charge on any atom is 0.387 e. The van der Waals surface area contributed by atoms with Gasteiger partial charge in [-0.3, -0.25) is 4.79 Å². The lowest BCUT2D eigenvalue weighted by Crippen LogP contribution is -2.26. The number of hydrogen-bond acceptors (Lipinski definition) is 5. The number of ether oxygens (including phenoxy) is 1. The van der Waals surface area contributed by atoms with Gasteiger partial charge >= 0.3 is 6.61 Å². The lowest BCUT2D eigenvalue weighted by Gasteiger charge is -2.18. The molecule has 9 heteroatoms. The van der Waals surface area contributed by atoms with Crippen LogP contribution in [0.1, 0.15) is 15.9 Å². The maximum absolute atomic E-state index is 12.8. The van der Waals surface area contributed by atoms with Gasteiger partial charge in [-0.05, 0) is 18.2 Å². The minimum absolute atomic E-state index is 0.0484. The van der Waals surface area contributed by atoms with E-state index in [1.54, 1.807) is 36.1 Å². The van der Waals surface area contributed by atoms with Gasteiger partial charge in [0.2, 0.25) is 5.13 Å². The van der Waals surface area contributed by atoms with Gasteiger partial charge in [-0.1, -0.05) is 41.7 Å². The molecule has 0 saturated heterocycles. The third-order valence-electron chi connectivity index (χ3n) is 4.25. The molecule has 2 aromatic carbocycles. The molecule has 29 heavy (non-hydrogen) atoms. The summed E-state index contributed by atoms with van der Waals surface area (Å²) in [6.07, 6.45) is 3.07. The van der Waals surface area contributed by atoms with E-state index in [-0.39, 0.29) is 18.2 Å². The van der Waals surface area contributed by atoms with E-state index < -0.39 is 6.61 Å². The minimum atomic E-state index is -2.93. The molecule has 6 nitrogen and oxygen atoms in total. The van der Waals surface area contributed by atoms with Crippen LogP contribution in [-0.4, -0.2) is 39.2 Å². The molecule has 0 spiro atoms. The van der Waals surface area contributed by atoms with Gasteiger partial charge in [-0.2, -0.15) is 13.9 Å². The van der Waals surface area contributed by atoms with E-state index in [9.17, 15) is 13.6 Å². The molecular formula is C20H16F2N4O2S. The first-order chi connectivity index (χ1) is 14.0. The van der Waals surface area contributed by atoms with Crippen LogP contribution in [0.2, 0.25) is 0 Å². The second kappa shape index (κ2) is 7.96. The van der Waals surface area contributed by atoms with Crippen molar-refractivity contribution in [2.24, 2.45) is 0 Å². The Morgan fingerprint density at radius 3 is 2.76 bits per heavy atom. The molecule has 0 aliphatic rings. The zero-order valence-electron chi connectivity index (χ0n) is 15.3. The molecule has 0 unspecified atom stereocenters. The van der Waals surface area contributed by atoms with Crippen LogP contribution in [0.25, 0.3) is 15.3 Å². The summed E-state index contributed by atoms with van der Waals surface area (Å²) >= 11 is 1.47. The number of carbonyl (C=O) groups is 1. The monoisotopic (exact) mass is 414 g/mol. The van der Waals surface area contributed by atoms with Gasteiger partial charge in [-0.15, -0.1) is 0 Å². The molecule has 2 heterocycles. The van der Waals surface area contributed by atoms with Crippen LogP contribution in [0.5, 0.6) is 5.75 Å². The lowest BCUT2D eigenvalue weighted by molar-refractivity contribution is -0.0506. The van der Waals surface area contributed by atoms with Crippen molar-refractivity contribution in [1.29, 1.82) is 0 Å². The zero-order valence-corrected chi connectivity index (χ0v) is 16.1. The highest BCUT2D eigenvalue weighted by atomic mass is 32.1. The number of nitrogens with zero attached hydrogens (tertiary/aromatic N) is 4. The normalized spacial score (nSPS) is 11.2. The molecule has 148 valence electrons. The number of halogens is 2. The lowest BCUT2D eigenvalue weighted by atomic mass is 10.2. The van der Waals surface area contributed by atoms with Gasteiger partial charge in [0, 0.05) is 25.4 Å². The molecule has 4 rings (SSSR count). The van der Waals surface area contributed by atoms with E-state index in [2.05, 4.69) is 14.8 Å². The van der Waals surface area contributed by atoms with E-state index in [4.69, 9.17) is 0 Å². The summed E-state index contributed by atoms with van der Waals surface area (Å²) in [6.45, 7) is -2.81. The fraction of sp³-hybridized carbons (Fsp3) is 0.150. The molecule has 0 fully saturated rings. The molecule has 0 aliphatic carbocycles. The van der Waals surface area contributed by atoms with Crippen molar-refractivity contribution >= 4 is 27.5 Å². The minimum Gasteiger partial charge on any atom is -0.434 e. The zero-order chi connectivity index (χ0) is 20.4. The van der Waals surface area contributed by atoms with Gasteiger partial charge in [0.25, 0.3) is 5.91 Å². The summed E-state index contributed by atoms with van der Waals surface area (Å²) in [4.78, 5) is 18.7. The Bertz CT molecular complexity index is 1130. The number of alkyl halides is 2. The quantitative estimate of drug-likeness (QED) is 0.471. The molecule has 0 saturated carbocycles. The van der Waals surface area contributed by atoms with Crippen molar-refractivity contribution in [3.63, 3.8) is 0 Å². The van der Waals surface area contributed by atoms with E-state index in [1.807, 2.05) is 24.3 Å². The average Bonchev–Trinajstić information content (AvgIpc) is 3.35. The second-order valence-electron chi connectivity index (χ2n) is 6.29. The van der Waals surface area contributed by atoms with Gasteiger partial charge in [0.1, 0.15) is 5.75 Å². The Hall–Kier alpha value is -3.33.